The van der Waals surface area contributed by atoms with Crippen LogP contribution < -0.4 is 5.32 Å². The minimum Gasteiger partial charge on any atom is -0.323 e. The summed E-state index contributed by atoms with van der Waals surface area (Å²) in [4.78, 5) is 52.2. The summed E-state index contributed by atoms with van der Waals surface area (Å²) < 4.78 is 0. The molecule has 8 heteroatoms. The van der Waals surface area contributed by atoms with Crippen molar-refractivity contribution >= 4 is 23.9 Å². The number of amides is 6. The van der Waals surface area contributed by atoms with Gasteiger partial charge in [-0.05, 0) is 12.8 Å². The lowest BCUT2D eigenvalue weighted by Gasteiger charge is -2.37. The second kappa shape index (κ2) is 4.96. The van der Waals surface area contributed by atoms with Crippen molar-refractivity contribution in [3.05, 3.63) is 0 Å². The Morgan fingerprint density at radius 3 is 2.41 bits per heavy atom. The molecule has 1 saturated carbocycles. The van der Waals surface area contributed by atoms with E-state index >= 15 is 0 Å². The van der Waals surface area contributed by atoms with Crippen molar-refractivity contribution in [1.82, 2.24) is 20.0 Å². The van der Waals surface area contributed by atoms with Gasteiger partial charge >= 0.3 is 12.1 Å². The van der Waals surface area contributed by atoms with Crippen LogP contribution in [0.4, 0.5) is 9.59 Å². The molecule has 1 spiro atoms. The molecule has 1 atom stereocenters. The van der Waals surface area contributed by atoms with Crippen LogP contribution in [0.1, 0.15) is 32.1 Å². The molecule has 1 unspecified atom stereocenters. The summed E-state index contributed by atoms with van der Waals surface area (Å²) in [5, 5.41) is 2.80. The molecule has 0 aromatic rings. The zero-order valence-corrected chi connectivity index (χ0v) is 12.8. The van der Waals surface area contributed by atoms with Gasteiger partial charge in [0, 0.05) is 20.5 Å². The maximum atomic E-state index is 12.6. The lowest BCUT2D eigenvalue weighted by Crippen LogP contribution is -2.57. The van der Waals surface area contributed by atoms with Crippen molar-refractivity contribution in [1.29, 1.82) is 0 Å². The monoisotopic (exact) mass is 308 g/mol. The lowest BCUT2D eigenvalue weighted by molar-refractivity contribution is -0.135. The van der Waals surface area contributed by atoms with Gasteiger partial charge in [0.2, 0.25) is 5.91 Å². The molecule has 0 aromatic carbocycles. The summed E-state index contributed by atoms with van der Waals surface area (Å²) in [5.74, 6) is -0.516. The number of rotatable bonds is 2. The third-order valence-electron chi connectivity index (χ3n) is 5.02. The van der Waals surface area contributed by atoms with Crippen LogP contribution in [0.2, 0.25) is 0 Å². The normalized spacial score (nSPS) is 28.1. The Labute approximate surface area is 128 Å². The van der Waals surface area contributed by atoms with E-state index in [1.807, 2.05) is 0 Å². The zero-order valence-electron chi connectivity index (χ0n) is 12.8. The van der Waals surface area contributed by atoms with Crippen LogP contribution in [0, 0.1) is 0 Å². The highest BCUT2D eigenvalue weighted by Crippen LogP contribution is 2.35. The van der Waals surface area contributed by atoms with Crippen LogP contribution in [0.5, 0.6) is 0 Å². The Hall–Kier alpha value is -2.12. The maximum Gasteiger partial charge on any atom is 0.326 e. The van der Waals surface area contributed by atoms with Gasteiger partial charge in [0.25, 0.3) is 5.91 Å². The Morgan fingerprint density at radius 2 is 1.77 bits per heavy atom. The molecular formula is C14H20N4O4. The van der Waals surface area contributed by atoms with Gasteiger partial charge in [-0.1, -0.05) is 12.8 Å². The smallest absolute Gasteiger partial charge is 0.323 e. The van der Waals surface area contributed by atoms with Crippen LogP contribution in [-0.2, 0) is 9.59 Å². The fourth-order valence-electron chi connectivity index (χ4n) is 3.53. The SMILES string of the molecule is CN1C(=O)CC(CN2C(=O)NC3(CCCC3)C2=O)N(C)C1=O. The standard InChI is InChI=1S/C14H20N4O4/c1-16-9(7-10(19)17(2)13(16)22)8-18-11(20)14(15-12(18)21)5-3-4-6-14/h9H,3-8H2,1-2H3,(H,15,21). The van der Waals surface area contributed by atoms with Crippen molar-refractivity contribution in [3.8, 4) is 0 Å². The second-order valence-corrected chi connectivity index (χ2v) is 6.34. The van der Waals surface area contributed by atoms with Gasteiger partial charge in [0.15, 0.2) is 0 Å². The van der Waals surface area contributed by atoms with Crippen LogP contribution in [0.3, 0.4) is 0 Å². The molecule has 0 bridgehead atoms. The van der Waals surface area contributed by atoms with E-state index in [4.69, 9.17) is 0 Å². The van der Waals surface area contributed by atoms with Crippen LogP contribution >= 0.6 is 0 Å². The number of hydrogen-bond acceptors (Lipinski definition) is 4. The van der Waals surface area contributed by atoms with Gasteiger partial charge in [-0.25, -0.2) is 9.59 Å². The highest BCUT2D eigenvalue weighted by atomic mass is 16.2. The number of urea groups is 2. The van der Waals surface area contributed by atoms with Crippen molar-refractivity contribution in [2.24, 2.45) is 0 Å². The summed E-state index contributed by atoms with van der Waals surface area (Å²) in [6, 6.07) is -1.30. The Balaban J connectivity index is 1.75. The first kappa shape index (κ1) is 14.8. The van der Waals surface area contributed by atoms with E-state index in [0.717, 1.165) is 17.7 Å². The average molecular weight is 308 g/mol. The first-order valence-corrected chi connectivity index (χ1v) is 7.53. The predicted molar refractivity (Wildman–Crippen MR) is 75.8 cm³/mol. The Bertz CT molecular complexity index is 555. The van der Waals surface area contributed by atoms with Gasteiger partial charge in [0.05, 0.1) is 12.6 Å². The van der Waals surface area contributed by atoms with E-state index in [1.54, 1.807) is 7.05 Å². The molecule has 8 nitrogen and oxygen atoms in total. The quantitative estimate of drug-likeness (QED) is 0.734. The largest absolute Gasteiger partial charge is 0.326 e. The molecule has 2 saturated heterocycles. The van der Waals surface area contributed by atoms with Crippen LogP contribution in [0.15, 0.2) is 0 Å². The summed E-state index contributed by atoms with van der Waals surface area (Å²) >= 11 is 0. The van der Waals surface area contributed by atoms with Crippen molar-refractivity contribution in [2.75, 3.05) is 20.6 Å². The molecule has 6 amide bonds. The Kier molecular flexibility index (Phi) is 3.34. The van der Waals surface area contributed by atoms with Gasteiger partial charge in [-0.15, -0.1) is 0 Å². The van der Waals surface area contributed by atoms with Crippen LogP contribution in [0.25, 0.3) is 0 Å². The fraction of sp³-hybridized carbons (Fsp3) is 0.714. The molecule has 0 radical (unpaired) electrons. The highest BCUT2D eigenvalue weighted by Gasteiger charge is 2.53. The van der Waals surface area contributed by atoms with Crippen molar-refractivity contribution < 1.29 is 19.2 Å². The molecule has 120 valence electrons. The maximum absolute atomic E-state index is 12.6. The molecule has 3 aliphatic rings. The summed E-state index contributed by atoms with van der Waals surface area (Å²) in [5.41, 5.74) is -0.755. The molecular weight excluding hydrogens is 288 g/mol. The highest BCUT2D eigenvalue weighted by molar-refractivity contribution is 6.07. The number of imide groups is 2. The van der Waals surface area contributed by atoms with E-state index in [-0.39, 0.29) is 24.8 Å². The summed E-state index contributed by atoms with van der Waals surface area (Å²) in [6.45, 7) is 0.0637. The van der Waals surface area contributed by atoms with Crippen molar-refractivity contribution in [2.45, 2.75) is 43.7 Å². The van der Waals surface area contributed by atoms with Gasteiger partial charge < -0.3 is 10.2 Å². The average Bonchev–Trinajstić information content (AvgIpc) is 3.03. The van der Waals surface area contributed by atoms with E-state index in [2.05, 4.69) is 5.32 Å². The minimum atomic E-state index is -0.755. The predicted octanol–water partition coefficient (Wildman–Crippen LogP) is 0.134. The lowest BCUT2D eigenvalue weighted by atomic mass is 9.98. The second-order valence-electron chi connectivity index (χ2n) is 6.34. The Morgan fingerprint density at radius 1 is 1.14 bits per heavy atom. The molecule has 1 aliphatic carbocycles. The first-order chi connectivity index (χ1) is 10.4. The molecule has 3 fully saturated rings. The topological polar surface area (TPSA) is 90.0 Å². The minimum absolute atomic E-state index is 0.0637. The number of carbonyl (C=O) groups excluding carboxylic acids is 4. The van der Waals surface area contributed by atoms with E-state index in [9.17, 15) is 19.2 Å². The fourth-order valence-corrected chi connectivity index (χ4v) is 3.53. The van der Waals surface area contributed by atoms with Gasteiger partial charge in [-0.3, -0.25) is 19.4 Å². The number of nitrogens with zero attached hydrogens (tertiary/aromatic N) is 3. The first-order valence-electron chi connectivity index (χ1n) is 7.53. The number of carbonyl (C=O) groups is 4. The van der Waals surface area contributed by atoms with Gasteiger partial charge in [0.1, 0.15) is 5.54 Å². The number of likely N-dealkylation sites (N-methyl/N-ethyl adjacent to an activating group) is 1. The molecule has 22 heavy (non-hydrogen) atoms. The third kappa shape index (κ3) is 2.05. The molecule has 2 heterocycles. The van der Waals surface area contributed by atoms with Gasteiger partial charge in [-0.2, -0.15) is 0 Å². The zero-order chi connectivity index (χ0) is 16.1. The number of nitrogens with one attached hydrogen (secondary N) is 1. The van der Waals surface area contributed by atoms with E-state index in [1.165, 1.54) is 16.8 Å². The van der Waals surface area contributed by atoms with E-state index < -0.39 is 23.6 Å². The van der Waals surface area contributed by atoms with E-state index in [0.29, 0.717) is 12.8 Å². The summed E-state index contributed by atoms with van der Waals surface area (Å²) in [7, 11) is 3.01. The third-order valence-corrected chi connectivity index (χ3v) is 5.02. The molecule has 0 aromatic heterocycles. The summed E-state index contributed by atoms with van der Waals surface area (Å²) in [6.07, 6.45) is 3.28. The molecule has 1 N–H and O–H groups in total. The number of hydrogen-bond donors (Lipinski definition) is 1. The molecule has 3 rings (SSSR count). The van der Waals surface area contributed by atoms with Crippen molar-refractivity contribution in [3.63, 3.8) is 0 Å². The van der Waals surface area contributed by atoms with Crippen LogP contribution in [-0.4, -0.2) is 70.8 Å². The molecule has 2 aliphatic heterocycles.